The summed E-state index contributed by atoms with van der Waals surface area (Å²) < 4.78 is 11.9. The number of thiocarbonyl (C=S) groups is 1. The highest BCUT2D eigenvalue weighted by molar-refractivity contribution is 8.26. The fourth-order valence-corrected chi connectivity index (χ4v) is 5.08. The molecule has 2 aliphatic rings. The van der Waals surface area contributed by atoms with E-state index in [4.69, 9.17) is 26.5 Å². The molecule has 1 aromatic carbocycles. The summed E-state index contributed by atoms with van der Waals surface area (Å²) in [6.07, 6.45) is 3.94. The monoisotopic (exact) mass is 486 g/mol. The van der Waals surface area contributed by atoms with Gasteiger partial charge in [-0.15, -0.1) is 0 Å². The van der Waals surface area contributed by atoms with Gasteiger partial charge in [0.25, 0.3) is 5.91 Å². The molecule has 0 bridgehead atoms. The molecule has 7 nitrogen and oxygen atoms in total. The standard InChI is InChI=1S/C24H26N2O5S2/c27-22(28)4-2-1-3-11-26-23(29)21(33-24(26)32)16-19-9-10-20(31-19)17-5-7-18(8-6-17)25-12-14-30-15-13-25/h5-10,16H,1-4,11-15H2,(H,27,28)/b21-16-. The third-order valence-electron chi connectivity index (χ3n) is 5.57. The van der Waals surface area contributed by atoms with Crippen LogP contribution in [-0.2, 0) is 14.3 Å². The summed E-state index contributed by atoms with van der Waals surface area (Å²) in [5, 5.41) is 8.71. The highest BCUT2D eigenvalue weighted by atomic mass is 32.2. The van der Waals surface area contributed by atoms with E-state index in [9.17, 15) is 9.59 Å². The van der Waals surface area contributed by atoms with E-state index < -0.39 is 5.97 Å². The van der Waals surface area contributed by atoms with Crippen molar-refractivity contribution in [1.82, 2.24) is 4.90 Å². The topological polar surface area (TPSA) is 83.2 Å². The molecule has 0 unspecified atom stereocenters. The molecule has 1 aromatic heterocycles. The highest BCUT2D eigenvalue weighted by Crippen LogP contribution is 2.34. The predicted molar refractivity (Wildman–Crippen MR) is 133 cm³/mol. The first-order valence-electron chi connectivity index (χ1n) is 11.0. The molecule has 3 heterocycles. The maximum atomic E-state index is 12.8. The minimum Gasteiger partial charge on any atom is -0.481 e. The summed E-state index contributed by atoms with van der Waals surface area (Å²) >= 11 is 6.64. The van der Waals surface area contributed by atoms with Gasteiger partial charge in [0.2, 0.25) is 0 Å². The number of amides is 1. The Morgan fingerprint density at radius 3 is 2.58 bits per heavy atom. The van der Waals surface area contributed by atoms with Crippen LogP contribution in [0.3, 0.4) is 0 Å². The molecule has 2 aliphatic heterocycles. The molecular weight excluding hydrogens is 460 g/mol. The zero-order chi connectivity index (χ0) is 23.2. The van der Waals surface area contributed by atoms with Gasteiger partial charge in [0.15, 0.2) is 0 Å². The minimum atomic E-state index is -0.797. The number of carbonyl (C=O) groups excluding carboxylic acids is 1. The van der Waals surface area contributed by atoms with Crippen LogP contribution in [0.25, 0.3) is 17.4 Å². The highest BCUT2D eigenvalue weighted by Gasteiger charge is 2.31. The fourth-order valence-electron chi connectivity index (χ4n) is 3.79. The van der Waals surface area contributed by atoms with E-state index in [2.05, 4.69) is 17.0 Å². The van der Waals surface area contributed by atoms with Gasteiger partial charge in [-0.25, -0.2) is 0 Å². The summed E-state index contributed by atoms with van der Waals surface area (Å²) in [5.74, 6) is 0.415. The van der Waals surface area contributed by atoms with Crippen molar-refractivity contribution in [3.05, 3.63) is 47.1 Å². The van der Waals surface area contributed by atoms with Crippen molar-refractivity contribution in [3.63, 3.8) is 0 Å². The molecule has 0 saturated carbocycles. The van der Waals surface area contributed by atoms with Crippen molar-refractivity contribution in [2.24, 2.45) is 0 Å². The lowest BCUT2D eigenvalue weighted by Crippen LogP contribution is -2.36. The van der Waals surface area contributed by atoms with Crippen molar-refractivity contribution in [2.75, 3.05) is 37.7 Å². The van der Waals surface area contributed by atoms with E-state index in [-0.39, 0.29) is 12.3 Å². The number of anilines is 1. The number of nitrogens with zero attached hydrogens (tertiary/aromatic N) is 2. The lowest BCUT2D eigenvalue weighted by Gasteiger charge is -2.28. The van der Waals surface area contributed by atoms with Crippen LogP contribution >= 0.6 is 24.0 Å². The first kappa shape index (κ1) is 23.5. The molecule has 1 amide bonds. The van der Waals surface area contributed by atoms with Gasteiger partial charge in [-0.1, -0.05) is 30.4 Å². The zero-order valence-corrected chi connectivity index (χ0v) is 19.8. The second-order valence-electron chi connectivity index (χ2n) is 7.89. The van der Waals surface area contributed by atoms with Gasteiger partial charge in [-0.3, -0.25) is 14.5 Å². The lowest BCUT2D eigenvalue weighted by molar-refractivity contribution is -0.137. The van der Waals surface area contributed by atoms with Gasteiger partial charge >= 0.3 is 5.97 Å². The van der Waals surface area contributed by atoms with Gasteiger partial charge < -0.3 is 19.2 Å². The molecule has 0 atom stereocenters. The second-order valence-corrected chi connectivity index (χ2v) is 9.56. The van der Waals surface area contributed by atoms with E-state index in [1.807, 2.05) is 24.3 Å². The molecule has 2 aromatic rings. The molecule has 0 spiro atoms. The number of rotatable bonds is 9. The van der Waals surface area contributed by atoms with Gasteiger partial charge in [-0.05, 0) is 49.2 Å². The number of hydrogen-bond donors (Lipinski definition) is 1. The molecule has 2 saturated heterocycles. The van der Waals surface area contributed by atoms with Crippen LogP contribution in [0, 0.1) is 0 Å². The van der Waals surface area contributed by atoms with Crippen molar-refractivity contribution in [3.8, 4) is 11.3 Å². The largest absolute Gasteiger partial charge is 0.481 e. The van der Waals surface area contributed by atoms with Crippen molar-refractivity contribution < 1.29 is 23.8 Å². The number of aliphatic carboxylic acids is 1. The molecule has 33 heavy (non-hydrogen) atoms. The smallest absolute Gasteiger partial charge is 0.303 e. The van der Waals surface area contributed by atoms with Crippen LogP contribution in [0.5, 0.6) is 0 Å². The van der Waals surface area contributed by atoms with E-state index >= 15 is 0 Å². The van der Waals surface area contributed by atoms with Crippen LogP contribution in [0.1, 0.15) is 31.4 Å². The summed E-state index contributed by atoms with van der Waals surface area (Å²) in [7, 11) is 0. The summed E-state index contributed by atoms with van der Waals surface area (Å²) in [6, 6.07) is 12.0. The Kier molecular flexibility index (Phi) is 7.85. The average molecular weight is 487 g/mol. The third-order valence-corrected chi connectivity index (χ3v) is 6.95. The number of benzene rings is 1. The Morgan fingerprint density at radius 1 is 1.09 bits per heavy atom. The van der Waals surface area contributed by atoms with E-state index in [1.165, 1.54) is 17.4 Å². The number of thioether (sulfide) groups is 1. The summed E-state index contributed by atoms with van der Waals surface area (Å²) in [6.45, 7) is 3.79. The number of carbonyl (C=O) groups is 2. The number of unbranched alkanes of at least 4 members (excludes halogenated alkanes) is 2. The first-order valence-corrected chi connectivity index (χ1v) is 12.2. The molecule has 174 valence electrons. The Bertz CT molecular complexity index is 1040. The maximum Gasteiger partial charge on any atom is 0.303 e. The predicted octanol–water partition coefficient (Wildman–Crippen LogP) is 4.63. The third kappa shape index (κ3) is 6.04. The summed E-state index contributed by atoms with van der Waals surface area (Å²) in [4.78, 5) is 27.8. The Labute approximate surface area is 202 Å². The molecule has 4 rings (SSSR count). The van der Waals surface area contributed by atoms with Gasteiger partial charge in [0.1, 0.15) is 15.8 Å². The number of morpholine rings is 1. The van der Waals surface area contributed by atoms with Gasteiger partial charge in [0.05, 0.1) is 18.1 Å². The second kappa shape index (κ2) is 11.0. The quantitative estimate of drug-likeness (QED) is 0.312. The van der Waals surface area contributed by atoms with Crippen LogP contribution < -0.4 is 4.90 Å². The van der Waals surface area contributed by atoms with Crippen LogP contribution in [0.15, 0.2) is 45.7 Å². The number of hydrogen-bond acceptors (Lipinski definition) is 7. The molecule has 0 radical (unpaired) electrons. The number of carboxylic acid groups (broad SMARTS) is 1. The lowest BCUT2D eigenvalue weighted by atomic mass is 10.1. The van der Waals surface area contributed by atoms with Crippen molar-refractivity contribution in [2.45, 2.75) is 25.7 Å². The Morgan fingerprint density at radius 2 is 1.85 bits per heavy atom. The SMILES string of the molecule is O=C(O)CCCCCN1C(=O)/C(=C/c2ccc(-c3ccc(N4CCOCC4)cc3)o2)SC1=S. The Hall–Kier alpha value is -2.62. The van der Waals surface area contributed by atoms with E-state index in [0.717, 1.165) is 50.5 Å². The van der Waals surface area contributed by atoms with Crippen molar-refractivity contribution in [1.29, 1.82) is 0 Å². The molecule has 9 heteroatoms. The first-order chi connectivity index (χ1) is 16.0. The van der Waals surface area contributed by atoms with E-state index in [0.29, 0.717) is 28.0 Å². The molecular formula is C24H26N2O5S2. The minimum absolute atomic E-state index is 0.129. The zero-order valence-electron chi connectivity index (χ0n) is 18.2. The number of furan rings is 1. The van der Waals surface area contributed by atoms with Crippen LogP contribution in [0.2, 0.25) is 0 Å². The molecule has 1 N–H and O–H groups in total. The van der Waals surface area contributed by atoms with Gasteiger partial charge in [0, 0.05) is 43.4 Å². The maximum absolute atomic E-state index is 12.8. The number of ether oxygens (including phenoxy) is 1. The van der Waals surface area contributed by atoms with Gasteiger partial charge in [-0.2, -0.15) is 0 Å². The average Bonchev–Trinajstić information content (AvgIpc) is 3.39. The molecule has 2 fully saturated rings. The van der Waals surface area contributed by atoms with E-state index in [1.54, 1.807) is 11.0 Å². The number of carboxylic acids is 1. The normalized spacial score (nSPS) is 17.9. The Balaban J connectivity index is 1.36. The fraction of sp³-hybridized carbons (Fsp3) is 0.375. The van der Waals surface area contributed by atoms with Crippen LogP contribution in [-0.4, -0.2) is 59.1 Å². The van der Waals surface area contributed by atoms with Crippen LogP contribution in [0.4, 0.5) is 5.69 Å². The van der Waals surface area contributed by atoms with Crippen molar-refractivity contribution >= 4 is 51.9 Å². The summed E-state index contributed by atoms with van der Waals surface area (Å²) in [5.41, 5.74) is 2.14. The molecule has 0 aliphatic carbocycles.